The maximum absolute atomic E-state index is 13.9. The summed E-state index contributed by atoms with van der Waals surface area (Å²) in [6, 6.07) is 24.4. The summed E-state index contributed by atoms with van der Waals surface area (Å²) < 4.78 is 5.00. The Kier molecular flexibility index (Phi) is 6.33. The lowest BCUT2D eigenvalue weighted by atomic mass is 9.52. The highest BCUT2D eigenvalue weighted by molar-refractivity contribution is 7.14. The number of rotatable bonds is 7. The number of hydrogen-bond acceptors (Lipinski definition) is 5. The molecule has 1 unspecified atom stereocenters. The lowest BCUT2D eigenvalue weighted by molar-refractivity contribution is -0.126. The van der Waals surface area contributed by atoms with Gasteiger partial charge in [-0.2, -0.15) is 0 Å². The zero-order chi connectivity index (χ0) is 26.3. The van der Waals surface area contributed by atoms with E-state index >= 15 is 0 Å². The van der Waals surface area contributed by atoms with E-state index < -0.39 is 5.41 Å². The minimum atomic E-state index is -0.598. The Morgan fingerprint density at radius 2 is 1.68 bits per heavy atom. The van der Waals surface area contributed by atoms with Gasteiger partial charge in [-0.05, 0) is 47.7 Å². The van der Waals surface area contributed by atoms with Crippen molar-refractivity contribution in [2.75, 3.05) is 25.6 Å². The fourth-order valence-corrected chi connectivity index (χ4v) is 6.80. The second-order valence-electron chi connectivity index (χ2n) is 10.2. The highest BCUT2D eigenvalue weighted by atomic mass is 32.1. The molecule has 3 aromatic carbocycles. The first kappa shape index (κ1) is 24.5. The van der Waals surface area contributed by atoms with E-state index in [-0.39, 0.29) is 23.7 Å². The number of thiazole rings is 1. The monoisotopic (exact) mass is 523 g/mol. The van der Waals surface area contributed by atoms with Gasteiger partial charge in [0.1, 0.15) is 0 Å². The molecular weight excluding hydrogens is 494 g/mol. The number of nitrogens with zero attached hydrogens (tertiary/aromatic N) is 1. The second kappa shape index (κ2) is 9.82. The van der Waals surface area contributed by atoms with E-state index in [1.807, 2.05) is 23.6 Å². The summed E-state index contributed by atoms with van der Waals surface area (Å²) in [6.45, 7) is 2.99. The number of carbonyl (C=O) groups excluding carboxylic acids is 2. The summed E-state index contributed by atoms with van der Waals surface area (Å²) in [4.78, 5) is 31.1. The topological polar surface area (TPSA) is 80.3 Å². The molecule has 2 N–H and O–H groups in total. The number of fused-ring (bicyclic) bond motifs is 1. The maximum Gasteiger partial charge on any atom is 0.251 e. The first-order chi connectivity index (χ1) is 18.5. The number of benzene rings is 3. The average molecular weight is 524 g/mol. The third-order valence-electron chi connectivity index (χ3n) is 7.89. The number of hydrogen-bond donors (Lipinski definition) is 2. The van der Waals surface area contributed by atoms with Crippen molar-refractivity contribution >= 4 is 28.3 Å². The van der Waals surface area contributed by atoms with Gasteiger partial charge in [-0.15, -0.1) is 11.3 Å². The standard InChI is InChI=1S/C31H29N3O3S/c1-31(17-25-21-10-3-5-12-23(21)27(31)24-13-6-4-11-22(24)25)29(36)34-30-33-26(18-38-30)19-8-7-9-20(16-19)28(35)32-14-15-37-2/h3-13,16,18,25,27H,14-15,17H2,1-2H3,(H,32,35)(H,33,34,36). The van der Waals surface area contributed by atoms with Crippen LogP contribution in [0.4, 0.5) is 5.13 Å². The van der Waals surface area contributed by atoms with Crippen LogP contribution in [-0.2, 0) is 9.53 Å². The van der Waals surface area contributed by atoms with Gasteiger partial charge in [0.2, 0.25) is 5.91 Å². The molecule has 0 fully saturated rings. The van der Waals surface area contributed by atoms with E-state index in [0.29, 0.717) is 23.8 Å². The van der Waals surface area contributed by atoms with Crippen LogP contribution in [0.3, 0.4) is 0 Å². The van der Waals surface area contributed by atoms with Crippen molar-refractivity contribution in [3.8, 4) is 11.3 Å². The maximum atomic E-state index is 13.9. The van der Waals surface area contributed by atoms with Crippen LogP contribution in [0, 0.1) is 5.41 Å². The zero-order valence-corrected chi connectivity index (χ0v) is 22.2. The molecule has 3 aliphatic carbocycles. The highest BCUT2D eigenvalue weighted by Gasteiger charge is 2.53. The Morgan fingerprint density at radius 1 is 1.00 bits per heavy atom. The number of ether oxygens (including phenoxy) is 1. The predicted molar refractivity (Wildman–Crippen MR) is 150 cm³/mol. The van der Waals surface area contributed by atoms with Crippen LogP contribution >= 0.6 is 11.3 Å². The number of nitrogens with one attached hydrogen (secondary N) is 2. The van der Waals surface area contributed by atoms with Crippen LogP contribution < -0.4 is 10.6 Å². The Labute approximate surface area is 226 Å². The summed E-state index contributed by atoms with van der Waals surface area (Å²) >= 11 is 1.40. The Morgan fingerprint density at radius 3 is 2.37 bits per heavy atom. The summed E-state index contributed by atoms with van der Waals surface area (Å²) in [7, 11) is 1.60. The SMILES string of the molecule is COCCNC(=O)c1cccc(-c2csc(NC(=O)C3(C)CC4c5ccccc5C3c3ccccc34)n2)c1. The molecule has 1 heterocycles. The lowest BCUT2D eigenvalue weighted by Gasteiger charge is -2.50. The Bertz CT molecular complexity index is 1480. The van der Waals surface area contributed by atoms with Crippen LogP contribution in [-0.4, -0.2) is 37.1 Å². The number of carbonyl (C=O) groups is 2. The van der Waals surface area contributed by atoms with E-state index in [9.17, 15) is 9.59 Å². The molecular formula is C31H29N3O3S. The third kappa shape index (κ3) is 4.12. The molecule has 7 rings (SSSR count). The molecule has 7 heteroatoms. The normalized spacial score (nSPS) is 20.9. The van der Waals surface area contributed by atoms with Crippen molar-refractivity contribution in [2.24, 2.45) is 5.41 Å². The van der Waals surface area contributed by atoms with Gasteiger partial charge in [-0.1, -0.05) is 60.7 Å². The first-order valence-corrected chi connectivity index (χ1v) is 13.7. The smallest absolute Gasteiger partial charge is 0.251 e. The molecule has 0 radical (unpaired) electrons. The van der Waals surface area contributed by atoms with Gasteiger partial charge in [0.25, 0.3) is 5.91 Å². The fraction of sp³-hybridized carbons (Fsp3) is 0.258. The van der Waals surface area contributed by atoms with Crippen LogP contribution in [0.15, 0.2) is 78.2 Å². The van der Waals surface area contributed by atoms with Gasteiger partial charge >= 0.3 is 0 Å². The summed E-state index contributed by atoms with van der Waals surface area (Å²) in [5.74, 6) is 0.0255. The van der Waals surface area contributed by atoms with Crippen molar-refractivity contribution in [1.82, 2.24) is 10.3 Å². The molecule has 0 saturated carbocycles. The van der Waals surface area contributed by atoms with Gasteiger partial charge < -0.3 is 15.4 Å². The highest BCUT2D eigenvalue weighted by Crippen LogP contribution is 2.61. The van der Waals surface area contributed by atoms with E-state index in [2.05, 4.69) is 66.1 Å². The number of aromatic nitrogens is 1. The largest absolute Gasteiger partial charge is 0.383 e. The van der Waals surface area contributed by atoms with Gasteiger partial charge in [-0.3, -0.25) is 9.59 Å². The van der Waals surface area contributed by atoms with Gasteiger partial charge in [0.05, 0.1) is 17.7 Å². The van der Waals surface area contributed by atoms with Gasteiger partial charge in [0.15, 0.2) is 5.13 Å². The average Bonchev–Trinajstić information content (AvgIpc) is 3.42. The zero-order valence-electron chi connectivity index (χ0n) is 21.4. The molecule has 4 aromatic rings. The van der Waals surface area contributed by atoms with E-state index in [0.717, 1.165) is 17.7 Å². The number of amides is 2. The summed E-state index contributed by atoms with van der Waals surface area (Å²) in [5, 5.41) is 8.45. The van der Waals surface area contributed by atoms with E-state index in [4.69, 9.17) is 9.72 Å². The Balaban J connectivity index is 1.24. The molecule has 0 saturated heterocycles. The molecule has 1 aromatic heterocycles. The molecule has 6 nitrogen and oxygen atoms in total. The molecule has 0 spiro atoms. The summed E-state index contributed by atoms with van der Waals surface area (Å²) in [6.07, 6.45) is 0.760. The van der Waals surface area contributed by atoms with Crippen molar-refractivity contribution in [1.29, 1.82) is 0 Å². The molecule has 2 amide bonds. The van der Waals surface area contributed by atoms with E-state index in [1.54, 1.807) is 13.2 Å². The molecule has 3 aliphatic rings. The minimum absolute atomic E-state index is 0.00682. The van der Waals surface area contributed by atoms with Crippen LogP contribution in [0.1, 0.15) is 57.8 Å². The van der Waals surface area contributed by atoms with Crippen LogP contribution in [0.5, 0.6) is 0 Å². The van der Waals surface area contributed by atoms with Crippen molar-refractivity contribution < 1.29 is 14.3 Å². The van der Waals surface area contributed by atoms with Crippen molar-refractivity contribution in [3.05, 3.63) is 106 Å². The second-order valence-corrected chi connectivity index (χ2v) is 11.0. The molecule has 0 aliphatic heterocycles. The van der Waals surface area contributed by atoms with Crippen LogP contribution in [0.25, 0.3) is 11.3 Å². The first-order valence-electron chi connectivity index (χ1n) is 12.8. The molecule has 2 bridgehead atoms. The van der Waals surface area contributed by atoms with E-state index in [1.165, 1.54) is 33.6 Å². The third-order valence-corrected chi connectivity index (χ3v) is 8.64. The van der Waals surface area contributed by atoms with Crippen LogP contribution in [0.2, 0.25) is 0 Å². The van der Waals surface area contributed by atoms with Gasteiger partial charge in [0, 0.05) is 42.0 Å². The lowest BCUT2D eigenvalue weighted by Crippen LogP contribution is -2.47. The molecule has 1 atom stereocenters. The predicted octanol–water partition coefficient (Wildman–Crippen LogP) is 5.81. The van der Waals surface area contributed by atoms with Gasteiger partial charge in [-0.25, -0.2) is 4.98 Å². The van der Waals surface area contributed by atoms with Crippen molar-refractivity contribution in [2.45, 2.75) is 25.2 Å². The van der Waals surface area contributed by atoms with Crippen molar-refractivity contribution in [3.63, 3.8) is 0 Å². The minimum Gasteiger partial charge on any atom is -0.383 e. The fourth-order valence-electron chi connectivity index (χ4n) is 6.08. The molecule has 38 heavy (non-hydrogen) atoms. The summed E-state index contributed by atoms with van der Waals surface area (Å²) in [5.41, 5.74) is 6.68. The number of anilines is 1. The quantitative estimate of drug-likeness (QED) is 0.300. The number of methoxy groups -OCH3 is 1. The Hall–Kier alpha value is -3.81. The molecule has 192 valence electrons.